The molecule has 1 aromatic rings. The molecule has 0 atom stereocenters. The van der Waals surface area contributed by atoms with Crippen molar-refractivity contribution in [3.05, 3.63) is 36.7 Å². The van der Waals surface area contributed by atoms with E-state index in [9.17, 15) is 0 Å². The summed E-state index contributed by atoms with van der Waals surface area (Å²) in [7, 11) is 0. The van der Waals surface area contributed by atoms with Gasteiger partial charge >= 0.3 is 0 Å². The second-order valence-corrected chi connectivity index (χ2v) is 3.37. The number of hydrogen-bond acceptors (Lipinski definition) is 0. The minimum Gasteiger partial charge on any atom is -0.197 e. The Morgan fingerprint density at radius 1 is 1.42 bits per heavy atom. The molecule has 0 bridgehead atoms. The monoisotopic (exact) mass is 162 g/mol. The molecule has 0 aromatic carbocycles. The summed E-state index contributed by atoms with van der Waals surface area (Å²) in [5, 5.41) is 0. The van der Waals surface area contributed by atoms with E-state index in [1.54, 1.807) is 0 Å². The molecule has 0 saturated heterocycles. The van der Waals surface area contributed by atoms with Crippen LogP contribution in [0, 0.1) is 0 Å². The van der Waals surface area contributed by atoms with E-state index >= 15 is 0 Å². The van der Waals surface area contributed by atoms with Gasteiger partial charge in [0.25, 0.3) is 0 Å². The van der Waals surface area contributed by atoms with Gasteiger partial charge in [0.15, 0.2) is 12.2 Å². The lowest BCUT2D eigenvalue weighted by Crippen LogP contribution is -2.39. The summed E-state index contributed by atoms with van der Waals surface area (Å²) in [5.41, 5.74) is 2.33. The summed E-state index contributed by atoms with van der Waals surface area (Å²) in [6.07, 6.45) is 2.09. The highest BCUT2D eigenvalue weighted by molar-refractivity contribution is 5.54. The van der Waals surface area contributed by atoms with Crippen molar-refractivity contribution in [3.63, 3.8) is 0 Å². The number of pyridine rings is 1. The first kappa shape index (κ1) is 8.98. The minimum atomic E-state index is 0.498. The molecular weight excluding hydrogens is 146 g/mol. The zero-order valence-corrected chi connectivity index (χ0v) is 8.04. The molecule has 1 nitrogen and oxygen atoms in total. The Balaban J connectivity index is 3.17. The van der Waals surface area contributed by atoms with Crippen LogP contribution in [0.25, 0.3) is 5.57 Å². The van der Waals surface area contributed by atoms with Crippen molar-refractivity contribution < 1.29 is 4.57 Å². The molecule has 0 fully saturated rings. The number of aromatic nitrogens is 1. The first-order valence-electron chi connectivity index (χ1n) is 4.29. The average molecular weight is 162 g/mol. The van der Waals surface area contributed by atoms with Crippen LogP contribution in [-0.2, 0) is 0 Å². The molecule has 0 unspecified atom stereocenters. The highest BCUT2D eigenvalue weighted by Crippen LogP contribution is 2.07. The fraction of sp³-hybridized carbons (Fsp3) is 0.364. The van der Waals surface area contributed by atoms with Crippen LogP contribution in [0.2, 0.25) is 0 Å². The van der Waals surface area contributed by atoms with Gasteiger partial charge in [-0.3, -0.25) is 0 Å². The molecule has 0 aliphatic heterocycles. The Bertz CT molecular complexity index is 287. The third-order valence-corrected chi connectivity index (χ3v) is 1.88. The quantitative estimate of drug-likeness (QED) is 0.588. The van der Waals surface area contributed by atoms with Crippen LogP contribution in [0.15, 0.2) is 31.0 Å². The molecule has 12 heavy (non-hydrogen) atoms. The van der Waals surface area contributed by atoms with Gasteiger partial charge in [-0.15, -0.1) is 0 Å². The van der Waals surface area contributed by atoms with Crippen LogP contribution in [0.3, 0.4) is 0 Å². The van der Waals surface area contributed by atoms with Crippen molar-refractivity contribution in [2.45, 2.75) is 26.8 Å². The molecule has 64 valence electrons. The summed E-state index contributed by atoms with van der Waals surface area (Å²) >= 11 is 0. The summed E-state index contributed by atoms with van der Waals surface area (Å²) in [4.78, 5) is 0. The van der Waals surface area contributed by atoms with Crippen LogP contribution in [-0.4, -0.2) is 0 Å². The van der Waals surface area contributed by atoms with E-state index in [1.165, 1.54) is 5.69 Å². The fourth-order valence-corrected chi connectivity index (χ4v) is 1.27. The van der Waals surface area contributed by atoms with Gasteiger partial charge in [0.05, 0.1) is 0 Å². The highest BCUT2D eigenvalue weighted by Gasteiger charge is 2.12. The predicted molar refractivity (Wildman–Crippen MR) is 51.7 cm³/mol. The van der Waals surface area contributed by atoms with Crippen molar-refractivity contribution in [3.8, 4) is 0 Å². The van der Waals surface area contributed by atoms with E-state index in [-0.39, 0.29) is 0 Å². The molecule has 1 heterocycles. The van der Waals surface area contributed by atoms with E-state index in [4.69, 9.17) is 0 Å². The normalized spacial score (nSPS) is 10.3. The molecule has 1 heteroatoms. The number of rotatable bonds is 2. The molecule has 1 rings (SSSR count). The summed E-state index contributed by atoms with van der Waals surface area (Å²) < 4.78 is 2.22. The van der Waals surface area contributed by atoms with E-state index in [0.717, 1.165) is 5.57 Å². The minimum absolute atomic E-state index is 0.498. The maximum atomic E-state index is 3.95. The molecule has 0 aliphatic rings. The van der Waals surface area contributed by atoms with Gasteiger partial charge in [-0.05, 0) is 26.8 Å². The van der Waals surface area contributed by atoms with Crippen LogP contribution in [0.4, 0.5) is 0 Å². The molecule has 0 N–H and O–H groups in total. The summed E-state index contributed by atoms with van der Waals surface area (Å²) in [5.74, 6) is 0. The third kappa shape index (κ3) is 1.73. The van der Waals surface area contributed by atoms with Crippen molar-refractivity contribution in [2.75, 3.05) is 0 Å². The first-order valence-corrected chi connectivity index (χ1v) is 4.29. The van der Waals surface area contributed by atoms with Gasteiger partial charge in [-0.25, -0.2) is 0 Å². The van der Waals surface area contributed by atoms with Crippen LogP contribution >= 0.6 is 0 Å². The van der Waals surface area contributed by atoms with Gasteiger partial charge in [-0.2, -0.15) is 4.57 Å². The van der Waals surface area contributed by atoms with Gasteiger partial charge in [-0.1, -0.05) is 6.58 Å². The summed E-state index contributed by atoms with van der Waals surface area (Å²) in [6, 6.07) is 6.69. The second kappa shape index (κ2) is 3.53. The fourth-order valence-electron chi connectivity index (χ4n) is 1.27. The van der Waals surface area contributed by atoms with E-state index < -0.39 is 0 Å². The predicted octanol–water partition coefficient (Wildman–Crippen LogP) is 2.59. The van der Waals surface area contributed by atoms with Crippen molar-refractivity contribution in [1.29, 1.82) is 0 Å². The standard InChI is InChI=1S/C11H16N/c1-9(2)11-7-5-6-8-12(11)10(3)4/h5-8,10H,1H2,2-4H3/q+1. The Kier molecular flexibility index (Phi) is 2.64. The highest BCUT2D eigenvalue weighted by atomic mass is 15.0. The number of nitrogens with zero attached hydrogens (tertiary/aromatic N) is 1. The van der Waals surface area contributed by atoms with Crippen LogP contribution < -0.4 is 4.57 Å². The molecule has 1 aromatic heterocycles. The van der Waals surface area contributed by atoms with Gasteiger partial charge in [0, 0.05) is 17.7 Å². The Hall–Kier alpha value is -1.11. The van der Waals surface area contributed by atoms with Crippen LogP contribution in [0.1, 0.15) is 32.5 Å². The molecule has 0 spiro atoms. The maximum absolute atomic E-state index is 3.95. The van der Waals surface area contributed by atoms with Crippen molar-refractivity contribution in [1.82, 2.24) is 0 Å². The van der Waals surface area contributed by atoms with E-state index in [0.29, 0.717) is 6.04 Å². The molecule has 0 saturated carbocycles. The third-order valence-electron chi connectivity index (χ3n) is 1.88. The van der Waals surface area contributed by atoms with Crippen molar-refractivity contribution in [2.24, 2.45) is 0 Å². The lowest BCUT2D eigenvalue weighted by molar-refractivity contribution is -0.718. The van der Waals surface area contributed by atoms with Gasteiger partial charge < -0.3 is 0 Å². The Labute approximate surface area is 74.4 Å². The lowest BCUT2D eigenvalue weighted by atomic mass is 10.2. The van der Waals surface area contributed by atoms with E-state index in [1.807, 2.05) is 19.1 Å². The second-order valence-electron chi connectivity index (χ2n) is 3.37. The zero-order valence-electron chi connectivity index (χ0n) is 8.04. The zero-order chi connectivity index (χ0) is 9.14. The molecular formula is C11H16N+. The summed E-state index contributed by atoms with van der Waals surface area (Å²) in [6.45, 7) is 10.3. The lowest BCUT2D eigenvalue weighted by Gasteiger charge is -2.05. The Morgan fingerprint density at radius 2 is 2.08 bits per heavy atom. The maximum Gasteiger partial charge on any atom is 0.207 e. The molecule has 0 amide bonds. The SMILES string of the molecule is C=C(C)c1cccc[n+]1C(C)C. The smallest absolute Gasteiger partial charge is 0.197 e. The van der Waals surface area contributed by atoms with E-state index in [2.05, 4.69) is 37.3 Å². The van der Waals surface area contributed by atoms with Gasteiger partial charge in [0.1, 0.15) is 0 Å². The molecule has 0 radical (unpaired) electrons. The number of hydrogen-bond donors (Lipinski definition) is 0. The van der Waals surface area contributed by atoms with Crippen LogP contribution in [0.5, 0.6) is 0 Å². The van der Waals surface area contributed by atoms with Crippen molar-refractivity contribution >= 4 is 5.57 Å². The molecule has 0 aliphatic carbocycles. The average Bonchev–Trinajstić information content (AvgIpc) is 2.04. The first-order chi connectivity index (χ1) is 5.63. The topological polar surface area (TPSA) is 3.88 Å². The Morgan fingerprint density at radius 3 is 2.50 bits per heavy atom. The largest absolute Gasteiger partial charge is 0.207 e. The number of allylic oxidation sites excluding steroid dienone is 1. The van der Waals surface area contributed by atoms with Gasteiger partial charge in [0.2, 0.25) is 5.69 Å².